The number of anilines is 1. The fourth-order valence-electron chi connectivity index (χ4n) is 3.82. The Labute approximate surface area is 202 Å². The van der Waals surface area contributed by atoms with E-state index < -0.39 is 12.6 Å². The molecule has 0 aliphatic rings. The Morgan fingerprint density at radius 3 is 2.18 bits per heavy atom. The van der Waals surface area contributed by atoms with Crippen molar-refractivity contribution in [3.63, 3.8) is 0 Å². The van der Waals surface area contributed by atoms with Crippen molar-refractivity contribution < 1.29 is 19.1 Å². The van der Waals surface area contributed by atoms with Crippen molar-refractivity contribution in [3.05, 3.63) is 113 Å². The maximum absolute atomic E-state index is 13.0. The van der Waals surface area contributed by atoms with E-state index in [4.69, 9.17) is 16.3 Å². The van der Waals surface area contributed by atoms with Crippen LogP contribution in [0.4, 0.5) is 5.69 Å². The van der Waals surface area contributed by atoms with Gasteiger partial charge in [0.25, 0.3) is 5.91 Å². The Morgan fingerprint density at radius 1 is 0.794 bits per heavy atom. The molecule has 4 aromatic rings. The average molecular weight is 472 g/mol. The summed E-state index contributed by atoms with van der Waals surface area (Å²) in [7, 11) is 0. The molecule has 0 fully saturated rings. The second kappa shape index (κ2) is 10.3. The summed E-state index contributed by atoms with van der Waals surface area (Å²) in [6, 6.07) is 26.3. The van der Waals surface area contributed by atoms with Crippen LogP contribution in [0.1, 0.15) is 33.2 Å². The highest BCUT2D eigenvalue weighted by Gasteiger charge is 2.22. The molecule has 4 rings (SSSR count). The van der Waals surface area contributed by atoms with Gasteiger partial charge in [-0.3, -0.25) is 9.59 Å². The number of benzene rings is 4. The molecule has 0 heterocycles. The smallest absolute Gasteiger partial charge is 0.339 e. The van der Waals surface area contributed by atoms with Gasteiger partial charge in [0.2, 0.25) is 0 Å². The molecule has 0 aliphatic heterocycles. The van der Waals surface area contributed by atoms with E-state index in [2.05, 4.69) is 0 Å². The number of halogens is 1. The third-order valence-corrected chi connectivity index (χ3v) is 5.75. The molecule has 34 heavy (non-hydrogen) atoms. The first kappa shape index (κ1) is 23.2. The van der Waals surface area contributed by atoms with E-state index >= 15 is 0 Å². The summed E-state index contributed by atoms with van der Waals surface area (Å²) in [6.45, 7) is 1.83. The number of hydrogen-bond acceptors (Lipinski definition) is 4. The molecule has 6 heteroatoms. The van der Waals surface area contributed by atoms with E-state index in [0.29, 0.717) is 17.1 Å². The van der Waals surface area contributed by atoms with Gasteiger partial charge >= 0.3 is 5.97 Å². The first-order valence-corrected chi connectivity index (χ1v) is 11.2. The van der Waals surface area contributed by atoms with Gasteiger partial charge in [-0.05, 0) is 48.7 Å². The van der Waals surface area contributed by atoms with Crippen molar-refractivity contribution in [2.24, 2.45) is 0 Å². The van der Waals surface area contributed by atoms with E-state index in [-0.39, 0.29) is 22.8 Å². The van der Waals surface area contributed by atoms with Crippen LogP contribution in [0.5, 0.6) is 0 Å². The topological polar surface area (TPSA) is 63.7 Å². The lowest BCUT2D eigenvalue weighted by molar-refractivity contribution is -0.121. The molecule has 5 nitrogen and oxygen atoms in total. The molecule has 170 valence electrons. The maximum atomic E-state index is 13.0. The van der Waals surface area contributed by atoms with Gasteiger partial charge in [-0.25, -0.2) is 4.79 Å². The predicted octanol–water partition coefficient (Wildman–Crippen LogP) is 5.93. The van der Waals surface area contributed by atoms with Crippen LogP contribution in [-0.4, -0.2) is 30.8 Å². The van der Waals surface area contributed by atoms with E-state index in [1.807, 2.05) is 49.4 Å². The molecule has 0 saturated heterocycles. The highest BCUT2D eigenvalue weighted by molar-refractivity contribution is 6.30. The van der Waals surface area contributed by atoms with Crippen LogP contribution in [-0.2, 0) is 9.53 Å². The van der Waals surface area contributed by atoms with E-state index in [0.717, 1.165) is 16.5 Å². The summed E-state index contributed by atoms with van der Waals surface area (Å²) in [5.41, 5.74) is 1.45. The Bertz CT molecular complexity index is 1360. The van der Waals surface area contributed by atoms with Crippen molar-refractivity contribution in [3.8, 4) is 0 Å². The second-order valence-corrected chi connectivity index (χ2v) is 8.03. The summed E-state index contributed by atoms with van der Waals surface area (Å²) in [5.74, 6) is -1.42. The number of carbonyl (C=O) groups excluding carboxylic acids is 3. The van der Waals surface area contributed by atoms with Gasteiger partial charge in [-0.15, -0.1) is 0 Å². The van der Waals surface area contributed by atoms with Crippen LogP contribution in [0, 0.1) is 0 Å². The third-order valence-electron chi connectivity index (χ3n) is 5.50. The fourth-order valence-corrected chi connectivity index (χ4v) is 3.95. The molecular formula is C28H22ClNO4. The Morgan fingerprint density at radius 2 is 1.44 bits per heavy atom. The molecule has 0 spiro atoms. The van der Waals surface area contributed by atoms with Crippen LogP contribution in [0.3, 0.4) is 0 Å². The highest BCUT2D eigenvalue weighted by Crippen LogP contribution is 2.27. The zero-order valence-electron chi connectivity index (χ0n) is 18.5. The largest absolute Gasteiger partial charge is 0.452 e. The predicted molar refractivity (Wildman–Crippen MR) is 134 cm³/mol. The first-order valence-electron chi connectivity index (χ1n) is 10.8. The molecule has 0 N–H and O–H groups in total. The van der Waals surface area contributed by atoms with E-state index in [9.17, 15) is 14.4 Å². The molecule has 0 aromatic heterocycles. The van der Waals surface area contributed by atoms with Gasteiger partial charge in [-0.1, -0.05) is 66.2 Å². The summed E-state index contributed by atoms with van der Waals surface area (Å²) in [5, 5.41) is 2.46. The molecule has 0 bridgehead atoms. The Balaban J connectivity index is 1.52. The minimum Gasteiger partial charge on any atom is -0.452 e. The number of hydrogen-bond donors (Lipinski definition) is 0. The van der Waals surface area contributed by atoms with Crippen molar-refractivity contribution >= 4 is 45.7 Å². The van der Waals surface area contributed by atoms with Crippen molar-refractivity contribution in [2.45, 2.75) is 6.92 Å². The van der Waals surface area contributed by atoms with Crippen molar-refractivity contribution in [1.29, 1.82) is 0 Å². The molecule has 1 amide bonds. The van der Waals surface area contributed by atoms with Gasteiger partial charge < -0.3 is 9.64 Å². The quantitative estimate of drug-likeness (QED) is 0.247. The second-order valence-electron chi connectivity index (χ2n) is 7.59. The summed E-state index contributed by atoms with van der Waals surface area (Å²) in [4.78, 5) is 40.4. The number of nitrogens with zero attached hydrogens (tertiary/aromatic N) is 1. The number of carbonyl (C=O) groups is 3. The number of fused-ring (bicyclic) bond motifs is 1. The van der Waals surface area contributed by atoms with Gasteiger partial charge in [0.1, 0.15) is 0 Å². The molecular weight excluding hydrogens is 450 g/mol. The minimum atomic E-state index is -0.736. The molecule has 4 aromatic carbocycles. The lowest BCUT2D eigenvalue weighted by Gasteiger charge is -2.22. The number of rotatable bonds is 7. The molecule has 0 atom stereocenters. The summed E-state index contributed by atoms with van der Waals surface area (Å²) < 4.78 is 5.35. The Kier molecular flexibility index (Phi) is 7.04. The van der Waals surface area contributed by atoms with Crippen molar-refractivity contribution in [2.75, 3.05) is 18.1 Å². The van der Waals surface area contributed by atoms with E-state index in [1.54, 1.807) is 47.4 Å². The lowest BCUT2D eigenvalue weighted by Crippen LogP contribution is -2.34. The van der Waals surface area contributed by atoms with Crippen LogP contribution in [0.15, 0.2) is 91.0 Å². The van der Waals surface area contributed by atoms with E-state index in [1.165, 1.54) is 6.07 Å². The highest BCUT2D eigenvalue weighted by atomic mass is 35.5. The first-order chi connectivity index (χ1) is 16.5. The number of esters is 1. The number of amides is 1. The van der Waals surface area contributed by atoms with Gasteiger partial charge in [0, 0.05) is 28.1 Å². The number of likely N-dealkylation sites (N-methyl/N-ethyl adjacent to an activating group) is 1. The number of ketones is 1. The summed E-state index contributed by atoms with van der Waals surface area (Å²) >= 11 is 5.91. The molecule has 0 aliphatic carbocycles. The van der Waals surface area contributed by atoms with Crippen LogP contribution < -0.4 is 4.90 Å². The van der Waals surface area contributed by atoms with Gasteiger partial charge in [0.15, 0.2) is 12.4 Å². The van der Waals surface area contributed by atoms with Crippen LogP contribution in [0.25, 0.3) is 10.8 Å². The van der Waals surface area contributed by atoms with Gasteiger partial charge in [0.05, 0.1) is 11.3 Å². The monoisotopic (exact) mass is 471 g/mol. The average Bonchev–Trinajstić information content (AvgIpc) is 2.88. The lowest BCUT2D eigenvalue weighted by atomic mass is 9.98. The minimum absolute atomic E-state index is 0.100. The molecule has 0 unspecified atom stereocenters. The Hall–Kier alpha value is -3.96. The standard InChI is InChI=1S/C28H22ClNO4/c1-2-30(25-13-7-9-19-8-3-4-10-22(19)25)26(31)18-34-28(33)24-12-6-5-11-23(24)27(32)20-14-16-21(29)17-15-20/h3-17H,2,18H2,1H3. The number of ether oxygens (including phenoxy) is 1. The van der Waals surface area contributed by atoms with Gasteiger partial charge in [-0.2, -0.15) is 0 Å². The third kappa shape index (κ3) is 4.85. The molecule has 0 radical (unpaired) electrons. The van der Waals surface area contributed by atoms with Crippen molar-refractivity contribution in [1.82, 2.24) is 0 Å². The zero-order chi connectivity index (χ0) is 24.1. The van der Waals surface area contributed by atoms with Crippen LogP contribution >= 0.6 is 11.6 Å². The van der Waals surface area contributed by atoms with Crippen LogP contribution in [0.2, 0.25) is 5.02 Å². The molecule has 0 saturated carbocycles. The SMILES string of the molecule is CCN(C(=O)COC(=O)c1ccccc1C(=O)c1ccc(Cl)cc1)c1cccc2ccccc12. The zero-order valence-corrected chi connectivity index (χ0v) is 19.3. The normalized spacial score (nSPS) is 10.6. The fraction of sp³-hybridized carbons (Fsp3) is 0.107. The maximum Gasteiger partial charge on any atom is 0.339 e. The summed E-state index contributed by atoms with van der Waals surface area (Å²) in [6.07, 6.45) is 0.